The Morgan fingerprint density at radius 3 is 2.73 bits per heavy atom. The average molecular weight is 523 g/mol. The number of urea groups is 1. The lowest BCUT2D eigenvalue weighted by atomic mass is 9.93. The van der Waals surface area contributed by atoms with E-state index < -0.39 is 0 Å². The van der Waals surface area contributed by atoms with Gasteiger partial charge >= 0.3 is 6.03 Å². The molecule has 37 heavy (non-hydrogen) atoms. The van der Waals surface area contributed by atoms with E-state index in [9.17, 15) is 14.0 Å². The van der Waals surface area contributed by atoms with Crippen LogP contribution in [-0.4, -0.2) is 72.5 Å². The quantitative estimate of drug-likeness (QED) is 0.532. The van der Waals surface area contributed by atoms with E-state index in [-0.39, 0.29) is 36.4 Å². The van der Waals surface area contributed by atoms with Crippen LogP contribution in [0.4, 0.5) is 14.9 Å². The number of nitrogens with one attached hydrogen (secondary N) is 1. The maximum absolute atomic E-state index is 14.1. The van der Waals surface area contributed by atoms with Crippen LogP contribution in [0.25, 0.3) is 0 Å². The number of halogens is 1. The van der Waals surface area contributed by atoms with Crippen LogP contribution in [-0.2, 0) is 11.2 Å². The van der Waals surface area contributed by atoms with Crippen molar-refractivity contribution in [3.63, 3.8) is 0 Å². The molecular weight excluding hydrogens is 491 g/mol. The van der Waals surface area contributed by atoms with Gasteiger partial charge in [-0.25, -0.2) is 9.18 Å². The Morgan fingerprint density at radius 2 is 1.95 bits per heavy atom. The Hall–Kier alpha value is -3.43. The number of hydrogen-bond acceptors (Lipinski definition) is 5. The zero-order valence-electron chi connectivity index (χ0n) is 21.0. The second kappa shape index (κ2) is 10.9. The minimum atomic E-state index is -0.275. The number of nitrogens with zero attached hydrogens (tertiary/aromatic N) is 3. The molecule has 3 heterocycles. The topological polar surface area (TPSA) is 65.1 Å². The van der Waals surface area contributed by atoms with Gasteiger partial charge in [0.2, 0.25) is 5.91 Å². The fraction of sp³-hybridized carbons (Fsp3) is 0.357. The van der Waals surface area contributed by atoms with E-state index in [1.165, 1.54) is 10.9 Å². The molecule has 5 rings (SSSR count). The van der Waals surface area contributed by atoms with E-state index in [4.69, 9.17) is 4.74 Å². The van der Waals surface area contributed by atoms with Crippen LogP contribution < -0.4 is 10.1 Å². The molecule has 3 amide bonds. The number of rotatable bonds is 5. The summed E-state index contributed by atoms with van der Waals surface area (Å²) in [5.74, 6) is 0.424. The summed E-state index contributed by atoms with van der Waals surface area (Å²) >= 11 is 1.72. The Morgan fingerprint density at radius 1 is 1.11 bits per heavy atom. The number of benzene rings is 2. The van der Waals surface area contributed by atoms with Crippen LogP contribution >= 0.6 is 11.3 Å². The van der Waals surface area contributed by atoms with Crippen molar-refractivity contribution in [2.45, 2.75) is 25.4 Å². The highest BCUT2D eigenvalue weighted by molar-refractivity contribution is 7.10. The molecule has 9 heteroatoms. The molecule has 2 aliphatic heterocycles. The van der Waals surface area contributed by atoms with Gasteiger partial charge in [-0.3, -0.25) is 9.69 Å². The number of hydrogen-bond donors (Lipinski definition) is 1. The smallest absolute Gasteiger partial charge is 0.322 e. The molecule has 1 N–H and O–H groups in total. The number of carbonyl (C=O) groups is 2. The van der Waals surface area contributed by atoms with Gasteiger partial charge in [-0.1, -0.05) is 18.2 Å². The SMILES string of the molecule is COc1cccc(NC(=O)N2CCN(C(=O)CN3CCc4sccc4C3c3cccc(F)c3)CC2C)c1. The minimum Gasteiger partial charge on any atom is -0.497 e. The van der Waals surface area contributed by atoms with Gasteiger partial charge in [0.25, 0.3) is 0 Å². The van der Waals surface area contributed by atoms with Crippen molar-refractivity contribution < 1.29 is 18.7 Å². The third-order valence-electron chi connectivity index (χ3n) is 7.13. The van der Waals surface area contributed by atoms with Crippen molar-refractivity contribution in [1.29, 1.82) is 0 Å². The number of thiophene rings is 1. The van der Waals surface area contributed by atoms with Crippen LogP contribution in [0.5, 0.6) is 5.75 Å². The zero-order chi connectivity index (χ0) is 25.9. The van der Waals surface area contributed by atoms with Crippen molar-refractivity contribution in [1.82, 2.24) is 14.7 Å². The van der Waals surface area contributed by atoms with Crippen LogP contribution in [0.15, 0.2) is 60.0 Å². The molecule has 2 atom stereocenters. The number of methoxy groups -OCH3 is 1. The molecule has 1 aromatic heterocycles. The maximum Gasteiger partial charge on any atom is 0.322 e. The number of fused-ring (bicyclic) bond motifs is 1. The second-order valence-electron chi connectivity index (χ2n) is 9.52. The van der Waals surface area contributed by atoms with Gasteiger partial charge in [-0.15, -0.1) is 11.3 Å². The summed E-state index contributed by atoms with van der Waals surface area (Å²) in [6.45, 7) is 4.32. The standard InChI is InChI=1S/C28H31FN4O3S/c1-19-17-31(12-13-33(19)28(35)30-22-7-4-8-23(16-22)36-2)26(34)18-32-11-9-25-24(10-14-37-25)27(32)20-5-3-6-21(29)15-20/h3-8,10,14-16,19,27H,9,11-13,17-18H2,1-2H3,(H,30,35). The van der Waals surface area contributed by atoms with Crippen LogP contribution in [0, 0.1) is 5.82 Å². The predicted molar refractivity (Wildman–Crippen MR) is 143 cm³/mol. The summed E-state index contributed by atoms with van der Waals surface area (Å²) < 4.78 is 19.3. The monoisotopic (exact) mass is 522 g/mol. The molecule has 3 aromatic rings. The van der Waals surface area contributed by atoms with E-state index in [2.05, 4.69) is 21.7 Å². The van der Waals surface area contributed by atoms with Crippen molar-refractivity contribution in [3.05, 3.63) is 81.8 Å². The predicted octanol–water partition coefficient (Wildman–Crippen LogP) is 4.61. The number of carbonyl (C=O) groups excluding carboxylic acids is 2. The molecule has 2 aliphatic rings. The van der Waals surface area contributed by atoms with Crippen molar-refractivity contribution in [2.24, 2.45) is 0 Å². The molecule has 0 spiro atoms. The molecule has 194 valence electrons. The van der Waals surface area contributed by atoms with Crippen molar-refractivity contribution in [3.8, 4) is 5.75 Å². The lowest BCUT2D eigenvalue weighted by Crippen LogP contribution is -2.58. The van der Waals surface area contributed by atoms with Gasteiger partial charge in [-0.05, 0) is 60.2 Å². The summed E-state index contributed by atoms with van der Waals surface area (Å²) in [7, 11) is 1.59. The molecule has 0 radical (unpaired) electrons. The third-order valence-corrected chi connectivity index (χ3v) is 8.13. The Balaban J connectivity index is 1.24. The Kier molecular flexibility index (Phi) is 7.43. The van der Waals surface area contributed by atoms with Crippen molar-refractivity contribution >= 4 is 29.0 Å². The summed E-state index contributed by atoms with van der Waals surface area (Å²) in [5, 5.41) is 5.00. The van der Waals surface area contributed by atoms with Gasteiger partial charge in [0.05, 0.1) is 19.7 Å². The first-order valence-electron chi connectivity index (χ1n) is 12.5. The molecule has 0 saturated carbocycles. The van der Waals surface area contributed by atoms with E-state index >= 15 is 0 Å². The first-order chi connectivity index (χ1) is 17.9. The van der Waals surface area contributed by atoms with E-state index in [0.29, 0.717) is 31.1 Å². The highest BCUT2D eigenvalue weighted by Gasteiger charge is 2.34. The lowest BCUT2D eigenvalue weighted by molar-refractivity contribution is -0.135. The molecule has 1 saturated heterocycles. The zero-order valence-corrected chi connectivity index (χ0v) is 21.8. The highest BCUT2D eigenvalue weighted by atomic mass is 32.1. The summed E-state index contributed by atoms with van der Waals surface area (Å²) in [5.41, 5.74) is 2.68. The Bertz CT molecular complexity index is 1280. The first-order valence-corrected chi connectivity index (χ1v) is 13.4. The summed E-state index contributed by atoms with van der Waals surface area (Å²) in [6, 6.07) is 15.5. The second-order valence-corrected chi connectivity index (χ2v) is 10.5. The van der Waals surface area contributed by atoms with Gasteiger partial charge in [-0.2, -0.15) is 0 Å². The van der Waals surface area contributed by atoms with Crippen LogP contribution in [0.1, 0.15) is 29.0 Å². The average Bonchev–Trinajstić information content (AvgIpc) is 3.37. The van der Waals surface area contributed by atoms with Gasteiger partial charge in [0, 0.05) is 48.9 Å². The number of anilines is 1. The van der Waals surface area contributed by atoms with Gasteiger partial charge in [0.15, 0.2) is 0 Å². The van der Waals surface area contributed by atoms with Crippen LogP contribution in [0.2, 0.25) is 0 Å². The minimum absolute atomic E-state index is 0.0276. The molecular formula is C28H31FN4O3S. The normalized spacial score (nSPS) is 19.9. The van der Waals surface area contributed by atoms with Crippen molar-refractivity contribution in [2.75, 3.05) is 45.2 Å². The molecule has 0 aliphatic carbocycles. The number of piperazine rings is 1. The summed E-state index contributed by atoms with van der Waals surface area (Å²) in [4.78, 5) is 33.4. The van der Waals surface area contributed by atoms with E-state index in [1.54, 1.807) is 41.5 Å². The number of ether oxygens (including phenoxy) is 1. The van der Waals surface area contributed by atoms with Gasteiger partial charge in [0.1, 0.15) is 11.6 Å². The molecule has 2 unspecified atom stereocenters. The first kappa shape index (κ1) is 25.2. The Labute approximate surface area is 220 Å². The third kappa shape index (κ3) is 5.47. The molecule has 1 fully saturated rings. The molecule has 7 nitrogen and oxygen atoms in total. The summed E-state index contributed by atoms with van der Waals surface area (Å²) in [6.07, 6.45) is 0.876. The van der Waals surface area contributed by atoms with Crippen LogP contribution in [0.3, 0.4) is 0 Å². The fourth-order valence-electron chi connectivity index (χ4n) is 5.26. The fourth-order valence-corrected chi connectivity index (χ4v) is 6.17. The highest BCUT2D eigenvalue weighted by Crippen LogP contribution is 2.37. The van der Waals surface area contributed by atoms with Gasteiger partial charge < -0.3 is 19.9 Å². The van der Waals surface area contributed by atoms with E-state index in [0.717, 1.165) is 24.1 Å². The molecule has 2 aromatic carbocycles. The van der Waals surface area contributed by atoms with E-state index in [1.807, 2.05) is 36.1 Å². The number of amides is 3. The maximum atomic E-state index is 14.1. The largest absolute Gasteiger partial charge is 0.497 e. The lowest BCUT2D eigenvalue weighted by Gasteiger charge is -2.41. The molecule has 0 bridgehead atoms.